The first-order valence-corrected chi connectivity index (χ1v) is 9.24. The number of para-hydroxylation sites is 2. The Labute approximate surface area is 157 Å². The van der Waals surface area contributed by atoms with Crippen LogP contribution in [0.5, 0.6) is 0 Å². The van der Waals surface area contributed by atoms with E-state index < -0.39 is 0 Å². The number of aromatic nitrogens is 5. The van der Waals surface area contributed by atoms with Crippen LogP contribution in [0.2, 0.25) is 0 Å². The fraction of sp³-hybridized carbons (Fsp3) is 0.300. The lowest BCUT2D eigenvalue weighted by Gasteiger charge is -2.36. The monoisotopic (exact) mass is 359 g/mol. The van der Waals surface area contributed by atoms with Crippen molar-refractivity contribution in [1.82, 2.24) is 24.6 Å². The molecule has 1 aromatic carbocycles. The topological polar surface area (TPSA) is 62.5 Å². The minimum absolute atomic E-state index is 0.886. The summed E-state index contributed by atoms with van der Waals surface area (Å²) in [5.41, 5.74) is 4.75. The van der Waals surface area contributed by atoms with E-state index in [9.17, 15) is 0 Å². The van der Waals surface area contributed by atoms with Gasteiger partial charge in [0.2, 0.25) is 0 Å². The third kappa shape index (κ3) is 2.85. The molecule has 3 aromatic heterocycles. The molecule has 27 heavy (non-hydrogen) atoms. The third-order valence-corrected chi connectivity index (χ3v) is 5.05. The molecule has 7 nitrogen and oxygen atoms in total. The minimum atomic E-state index is 0.886. The van der Waals surface area contributed by atoms with Gasteiger partial charge in [-0.25, -0.2) is 19.5 Å². The summed E-state index contributed by atoms with van der Waals surface area (Å²) in [5.74, 6) is 1.97. The van der Waals surface area contributed by atoms with Crippen LogP contribution in [-0.4, -0.2) is 50.7 Å². The van der Waals surface area contributed by atoms with Crippen LogP contribution in [0.1, 0.15) is 11.4 Å². The van der Waals surface area contributed by atoms with Crippen LogP contribution in [0, 0.1) is 13.8 Å². The highest BCUT2D eigenvalue weighted by molar-refractivity contribution is 5.76. The van der Waals surface area contributed by atoms with Gasteiger partial charge in [0.25, 0.3) is 0 Å². The first-order valence-electron chi connectivity index (χ1n) is 9.24. The Bertz CT molecular complexity index is 1130. The number of benzene rings is 1. The van der Waals surface area contributed by atoms with Crippen molar-refractivity contribution in [1.29, 1.82) is 0 Å². The lowest BCUT2D eigenvalue weighted by Crippen LogP contribution is -2.47. The standard InChI is InChI=1S/C20H21N7/c1-14-13-27-18(21-14)7-8-19(24-27)25-9-11-26(12-10-25)20-15(2)22-16-5-3-4-6-17(16)23-20/h3-8,13H,9-12H2,1-2H3. The third-order valence-electron chi connectivity index (χ3n) is 5.05. The zero-order valence-electron chi connectivity index (χ0n) is 15.5. The second-order valence-electron chi connectivity index (χ2n) is 6.97. The van der Waals surface area contributed by atoms with Crippen LogP contribution in [0.3, 0.4) is 0 Å². The maximum atomic E-state index is 4.86. The van der Waals surface area contributed by atoms with Gasteiger partial charge in [0, 0.05) is 26.2 Å². The summed E-state index contributed by atoms with van der Waals surface area (Å²) in [6, 6.07) is 12.1. The van der Waals surface area contributed by atoms with Crippen LogP contribution in [-0.2, 0) is 0 Å². The summed E-state index contributed by atoms with van der Waals surface area (Å²) in [5, 5.41) is 4.71. The number of nitrogens with zero attached hydrogens (tertiary/aromatic N) is 7. The summed E-state index contributed by atoms with van der Waals surface area (Å²) in [7, 11) is 0. The van der Waals surface area contributed by atoms with Crippen LogP contribution < -0.4 is 9.80 Å². The summed E-state index contributed by atoms with van der Waals surface area (Å²) < 4.78 is 1.86. The van der Waals surface area contributed by atoms with Crippen molar-refractivity contribution in [3.05, 3.63) is 54.0 Å². The Morgan fingerprint density at radius 2 is 1.48 bits per heavy atom. The Morgan fingerprint density at radius 1 is 0.778 bits per heavy atom. The zero-order valence-corrected chi connectivity index (χ0v) is 15.5. The molecule has 0 N–H and O–H groups in total. The van der Waals surface area contributed by atoms with E-state index in [0.29, 0.717) is 0 Å². The number of aryl methyl sites for hydroxylation is 2. The molecule has 0 bridgehead atoms. The van der Waals surface area contributed by atoms with Crippen molar-refractivity contribution < 1.29 is 0 Å². The predicted molar refractivity (Wildman–Crippen MR) is 106 cm³/mol. The second-order valence-corrected chi connectivity index (χ2v) is 6.97. The van der Waals surface area contributed by atoms with E-state index in [1.54, 1.807) is 0 Å². The lowest BCUT2D eigenvalue weighted by atomic mass is 10.2. The molecule has 1 aliphatic rings. The van der Waals surface area contributed by atoms with Gasteiger partial charge >= 0.3 is 0 Å². The van der Waals surface area contributed by atoms with Gasteiger partial charge in [-0.05, 0) is 38.1 Å². The SMILES string of the molecule is Cc1cn2nc(N3CCN(c4nc5ccccc5nc4C)CC3)ccc2n1. The second kappa shape index (κ2) is 6.19. The van der Waals surface area contributed by atoms with Crippen molar-refractivity contribution in [2.45, 2.75) is 13.8 Å². The zero-order chi connectivity index (χ0) is 18.4. The average molecular weight is 359 g/mol. The van der Waals surface area contributed by atoms with E-state index in [2.05, 4.69) is 20.9 Å². The Hall–Kier alpha value is -3.22. The summed E-state index contributed by atoms with van der Waals surface area (Å²) in [4.78, 5) is 18.7. The van der Waals surface area contributed by atoms with Gasteiger partial charge < -0.3 is 9.80 Å². The van der Waals surface area contributed by atoms with E-state index in [4.69, 9.17) is 15.1 Å². The number of rotatable bonds is 2. The molecular weight excluding hydrogens is 338 g/mol. The Kier molecular flexibility index (Phi) is 3.67. The van der Waals surface area contributed by atoms with Gasteiger partial charge in [-0.1, -0.05) is 12.1 Å². The predicted octanol–water partition coefficient (Wildman–Crippen LogP) is 2.62. The quantitative estimate of drug-likeness (QED) is 0.548. The van der Waals surface area contributed by atoms with Crippen LogP contribution in [0.25, 0.3) is 16.7 Å². The number of hydrogen-bond donors (Lipinski definition) is 0. The van der Waals surface area contributed by atoms with Crippen molar-refractivity contribution in [2.24, 2.45) is 0 Å². The van der Waals surface area contributed by atoms with E-state index in [-0.39, 0.29) is 0 Å². The van der Waals surface area contributed by atoms with Crippen molar-refractivity contribution in [2.75, 3.05) is 36.0 Å². The fourth-order valence-electron chi connectivity index (χ4n) is 3.68. The molecule has 0 radical (unpaired) electrons. The van der Waals surface area contributed by atoms with Gasteiger partial charge in [0.05, 0.1) is 28.6 Å². The van der Waals surface area contributed by atoms with E-state index in [1.807, 2.05) is 54.9 Å². The highest BCUT2D eigenvalue weighted by Gasteiger charge is 2.21. The lowest BCUT2D eigenvalue weighted by molar-refractivity contribution is 0.634. The summed E-state index contributed by atoms with van der Waals surface area (Å²) in [6.45, 7) is 7.63. The Morgan fingerprint density at radius 3 is 2.26 bits per heavy atom. The molecule has 0 unspecified atom stereocenters. The molecule has 4 heterocycles. The van der Waals surface area contributed by atoms with Crippen LogP contribution in [0.15, 0.2) is 42.6 Å². The van der Waals surface area contributed by atoms with Crippen LogP contribution in [0.4, 0.5) is 11.6 Å². The van der Waals surface area contributed by atoms with Gasteiger partial charge in [-0.3, -0.25) is 0 Å². The van der Waals surface area contributed by atoms with Gasteiger partial charge in [-0.2, -0.15) is 0 Å². The maximum absolute atomic E-state index is 4.86. The highest BCUT2D eigenvalue weighted by atomic mass is 15.4. The number of anilines is 2. The minimum Gasteiger partial charge on any atom is -0.352 e. The molecular formula is C20H21N7. The maximum Gasteiger partial charge on any atom is 0.153 e. The normalized spacial score (nSPS) is 15.0. The largest absolute Gasteiger partial charge is 0.352 e. The smallest absolute Gasteiger partial charge is 0.153 e. The molecule has 0 saturated carbocycles. The van der Waals surface area contributed by atoms with Gasteiger partial charge in [0.15, 0.2) is 11.5 Å². The van der Waals surface area contributed by atoms with Gasteiger partial charge in [-0.15, -0.1) is 5.10 Å². The first-order chi connectivity index (χ1) is 13.2. The number of hydrogen-bond acceptors (Lipinski definition) is 6. The van der Waals surface area contributed by atoms with Crippen molar-refractivity contribution in [3.63, 3.8) is 0 Å². The molecule has 1 fully saturated rings. The number of piperazine rings is 1. The molecule has 0 aliphatic carbocycles. The molecule has 136 valence electrons. The summed E-state index contributed by atoms with van der Waals surface area (Å²) in [6.07, 6.45) is 1.96. The fourth-order valence-corrected chi connectivity index (χ4v) is 3.68. The molecule has 4 aromatic rings. The van der Waals surface area contributed by atoms with E-state index in [0.717, 1.165) is 65.9 Å². The molecule has 0 atom stereocenters. The molecule has 0 amide bonds. The molecule has 5 rings (SSSR count). The summed E-state index contributed by atoms with van der Waals surface area (Å²) >= 11 is 0. The number of fused-ring (bicyclic) bond motifs is 2. The van der Waals surface area contributed by atoms with Gasteiger partial charge in [0.1, 0.15) is 5.82 Å². The molecule has 1 saturated heterocycles. The highest BCUT2D eigenvalue weighted by Crippen LogP contribution is 2.22. The Balaban J connectivity index is 1.37. The number of imidazole rings is 1. The molecule has 1 aliphatic heterocycles. The van der Waals surface area contributed by atoms with Crippen molar-refractivity contribution >= 4 is 28.3 Å². The van der Waals surface area contributed by atoms with E-state index in [1.165, 1.54) is 0 Å². The van der Waals surface area contributed by atoms with Crippen molar-refractivity contribution in [3.8, 4) is 0 Å². The van der Waals surface area contributed by atoms with E-state index >= 15 is 0 Å². The molecule has 0 spiro atoms. The first kappa shape index (κ1) is 16.0. The molecule has 7 heteroatoms. The van der Waals surface area contributed by atoms with Crippen LogP contribution >= 0.6 is 0 Å². The average Bonchev–Trinajstić information content (AvgIpc) is 3.07.